The number of hydrogen-bond donors (Lipinski definition) is 3. The van der Waals surface area contributed by atoms with Gasteiger partial charge in [-0.3, -0.25) is 0 Å². The molecule has 132 valence electrons. The summed E-state index contributed by atoms with van der Waals surface area (Å²) < 4.78 is 5.58. The number of phenolic OH excluding ortho intramolecular Hbond substituents is 2. The first-order chi connectivity index (χ1) is 12.6. The first-order valence-corrected chi connectivity index (χ1v) is 8.06. The number of aliphatic hydroxyl groups is 1. The number of aliphatic hydroxyl groups excluding tert-OH is 1. The van der Waals surface area contributed by atoms with Crippen LogP contribution in [0.3, 0.4) is 0 Å². The standard InChI is InChI=1S/C21H18O5/c22-17-12-11-16(13-18(17)23)19(24)21(25)26-20(14-7-3-1-4-8-14)15-9-5-2-6-10-15/h1-13,19-20,22-24H/t19-/m1/s1. The zero-order valence-electron chi connectivity index (χ0n) is 13.8. The van der Waals surface area contributed by atoms with Crippen molar-refractivity contribution < 1.29 is 24.9 Å². The van der Waals surface area contributed by atoms with E-state index in [4.69, 9.17) is 4.74 Å². The molecule has 3 aromatic carbocycles. The summed E-state index contributed by atoms with van der Waals surface area (Å²) in [7, 11) is 0. The number of carbonyl (C=O) groups is 1. The number of aromatic hydroxyl groups is 2. The van der Waals surface area contributed by atoms with Gasteiger partial charge in [0.15, 0.2) is 23.7 Å². The van der Waals surface area contributed by atoms with Crippen molar-refractivity contribution in [1.82, 2.24) is 0 Å². The molecule has 0 bridgehead atoms. The fraction of sp³-hybridized carbons (Fsp3) is 0.0952. The van der Waals surface area contributed by atoms with Crippen LogP contribution in [0.15, 0.2) is 78.9 Å². The third kappa shape index (κ3) is 3.84. The molecule has 3 rings (SSSR count). The predicted octanol–water partition coefficient (Wildman–Crippen LogP) is 3.46. The molecule has 26 heavy (non-hydrogen) atoms. The summed E-state index contributed by atoms with van der Waals surface area (Å²) in [5.74, 6) is -1.61. The first kappa shape index (κ1) is 17.5. The molecule has 0 unspecified atom stereocenters. The van der Waals surface area contributed by atoms with Gasteiger partial charge in [-0.1, -0.05) is 66.7 Å². The number of hydrogen-bond acceptors (Lipinski definition) is 5. The van der Waals surface area contributed by atoms with E-state index in [1.54, 1.807) is 0 Å². The zero-order valence-corrected chi connectivity index (χ0v) is 13.8. The average Bonchev–Trinajstić information content (AvgIpc) is 2.69. The van der Waals surface area contributed by atoms with E-state index in [2.05, 4.69) is 0 Å². The quantitative estimate of drug-likeness (QED) is 0.484. The van der Waals surface area contributed by atoms with Gasteiger partial charge in [0.25, 0.3) is 0 Å². The Balaban J connectivity index is 1.86. The number of benzene rings is 3. The Hall–Kier alpha value is -3.31. The van der Waals surface area contributed by atoms with Crippen LogP contribution in [0.25, 0.3) is 0 Å². The zero-order chi connectivity index (χ0) is 18.5. The van der Waals surface area contributed by atoms with Crippen molar-refractivity contribution in [2.75, 3.05) is 0 Å². The van der Waals surface area contributed by atoms with Crippen LogP contribution in [0.5, 0.6) is 11.5 Å². The van der Waals surface area contributed by atoms with Crippen LogP contribution in [-0.4, -0.2) is 21.3 Å². The van der Waals surface area contributed by atoms with Crippen molar-refractivity contribution in [2.24, 2.45) is 0 Å². The van der Waals surface area contributed by atoms with Crippen molar-refractivity contribution in [3.63, 3.8) is 0 Å². The van der Waals surface area contributed by atoms with Crippen molar-refractivity contribution in [1.29, 1.82) is 0 Å². The Labute approximate surface area is 150 Å². The van der Waals surface area contributed by atoms with Gasteiger partial charge in [-0.15, -0.1) is 0 Å². The molecular weight excluding hydrogens is 332 g/mol. The maximum Gasteiger partial charge on any atom is 0.340 e. The molecule has 5 nitrogen and oxygen atoms in total. The molecule has 0 aromatic heterocycles. The Kier molecular flexibility index (Phi) is 5.20. The second-order valence-corrected chi connectivity index (χ2v) is 5.79. The summed E-state index contributed by atoms with van der Waals surface area (Å²) in [4.78, 5) is 12.5. The number of esters is 1. The highest BCUT2D eigenvalue weighted by atomic mass is 16.6. The Bertz CT molecular complexity index is 838. The molecule has 0 aliphatic carbocycles. The molecule has 1 atom stereocenters. The third-order valence-electron chi connectivity index (χ3n) is 3.98. The third-order valence-corrected chi connectivity index (χ3v) is 3.98. The van der Waals surface area contributed by atoms with E-state index in [0.29, 0.717) is 0 Å². The van der Waals surface area contributed by atoms with E-state index in [1.165, 1.54) is 12.1 Å². The van der Waals surface area contributed by atoms with Gasteiger partial charge in [-0.2, -0.15) is 0 Å². The first-order valence-electron chi connectivity index (χ1n) is 8.06. The monoisotopic (exact) mass is 350 g/mol. The number of rotatable bonds is 5. The molecule has 5 heteroatoms. The maximum atomic E-state index is 12.5. The highest BCUT2D eigenvalue weighted by molar-refractivity contribution is 5.77. The Morgan fingerprint density at radius 3 is 1.77 bits per heavy atom. The van der Waals surface area contributed by atoms with Gasteiger partial charge in [0.1, 0.15) is 0 Å². The summed E-state index contributed by atoms with van der Waals surface area (Å²) in [6.07, 6.45) is -2.26. The van der Waals surface area contributed by atoms with Gasteiger partial charge in [0.2, 0.25) is 0 Å². The summed E-state index contributed by atoms with van der Waals surface area (Å²) in [6.45, 7) is 0. The van der Waals surface area contributed by atoms with Crippen molar-refractivity contribution >= 4 is 5.97 Å². The molecule has 0 saturated heterocycles. The van der Waals surface area contributed by atoms with Gasteiger partial charge < -0.3 is 20.1 Å². The molecule has 0 fully saturated rings. The van der Waals surface area contributed by atoms with E-state index in [1.807, 2.05) is 60.7 Å². The molecule has 0 aliphatic heterocycles. The van der Waals surface area contributed by atoms with E-state index in [9.17, 15) is 20.1 Å². The second-order valence-electron chi connectivity index (χ2n) is 5.79. The molecule has 3 N–H and O–H groups in total. The van der Waals surface area contributed by atoms with E-state index >= 15 is 0 Å². The second kappa shape index (κ2) is 7.72. The summed E-state index contributed by atoms with van der Waals surface area (Å²) in [5, 5.41) is 29.2. The number of ether oxygens (including phenoxy) is 1. The molecule has 0 aliphatic rings. The lowest BCUT2D eigenvalue weighted by Gasteiger charge is -2.21. The highest BCUT2D eigenvalue weighted by Crippen LogP contribution is 2.31. The van der Waals surface area contributed by atoms with Gasteiger partial charge in [-0.05, 0) is 28.8 Å². The van der Waals surface area contributed by atoms with Crippen LogP contribution < -0.4 is 0 Å². The van der Waals surface area contributed by atoms with Crippen LogP contribution in [-0.2, 0) is 9.53 Å². The minimum atomic E-state index is -1.59. The Morgan fingerprint density at radius 1 is 0.731 bits per heavy atom. The van der Waals surface area contributed by atoms with E-state index < -0.39 is 23.9 Å². The Morgan fingerprint density at radius 2 is 1.27 bits per heavy atom. The number of phenols is 2. The van der Waals surface area contributed by atoms with E-state index in [-0.39, 0.29) is 11.3 Å². The fourth-order valence-corrected chi connectivity index (χ4v) is 2.61. The van der Waals surface area contributed by atoms with Crippen molar-refractivity contribution in [2.45, 2.75) is 12.2 Å². The van der Waals surface area contributed by atoms with Gasteiger partial charge >= 0.3 is 5.97 Å². The topological polar surface area (TPSA) is 87.0 Å². The van der Waals surface area contributed by atoms with Gasteiger partial charge in [-0.25, -0.2) is 4.79 Å². The average molecular weight is 350 g/mol. The fourth-order valence-electron chi connectivity index (χ4n) is 2.61. The molecule has 0 saturated carbocycles. The van der Waals surface area contributed by atoms with Crippen molar-refractivity contribution in [3.8, 4) is 11.5 Å². The lowest BCUT2D eigenvalue weighted by molar-refractivity contribution is -0.158. The number of carbonyl (C=O) groups excluding carboxylic acids is 1. The molecule has 0 amide bonds. The lowest BCUT2D eigenvalue weighted by atomic mass is 10.0. The minimum Gasteiger partial charge on any atom is -0.504 e. The van der Waals surface area contributed by atoms with Crippen LogP contribution in [0, 0.1) is 0 Å². The van der Waals surface area contributed by atoms with Crippen LogP contribution in [0.2, 0.25) is 0 Å². The maximum absolute atomic E-state index is 12.5. The summed E-state index contributed by atoms with van der Waals surface area (Å²) >= 11 is 0. The molecule has 0 spiro atoms. The SMILES string of the molecule is O=C(OC(c1ccccc1)c1ccccc1)[C@H](O)c1ccc(O)c(O)c1. The highest BCUT2D eigenvalue weighted by Gasteiger charge is 2.25. The molecular formula is C21H18O5. The van der Waals surface area contributed by atoms with Crippen LogP contribution in [0.4, 0.5) is 0 Å². The summed E-state index contributed by atoms with van der Waals surface area (Å²) in [6, 6.07) is 22.1. The van der Waals surface area contributed by atoms with Crippen LogP contribution in [0.1, 0.15) is 28.9 Å². The van der Waals surface area contributed by atoms with Crippen molar-refractivity contribution in [3.05, 3.63) is 95.6 Å². The van der Waals surface area contributed by atoms with E-state index in [0.717, 1.165) is 17.2 Å². The summed E-state index contributed by atoms with van der Waals surface area (Å²) in [5.41, 5.74) is 1.67. The lowest BCUT2D eigenvalue weighted by Crippen LogP contribution is -2.19. The molecule has 3 aromatic rings. The minimum absolute atomic E-state index is 0.130. The van der Waals surface area contributed by atoms with Gasteiger partial charge in [0.05, 0.1) is 0 Å². The molecule has 0 radical (unpaired) electrons. The normalized spacial score (nSPS) is 11.9. The predicted molar refractivity (Wildman–Crippen MR) is 95.6 cm³/mol. The largest absolute Gasteiger partial charge is 0.504 e. The van der Waals surface area contributed by atoms with Gasteiger partial charge in [0, 0.05) is 0 Å². The smallest absolute Gasteiger partial charge is 0.340 e. The van der Waals surface area contributed by atoms with Crippen LogP contribution >= 0.6 is 0 Å². The molecule has 0 heterocycles.